The van der Waals surface area contributed by atoms with Crippen LogP contribution in [0.1, 0.15) is 6.92 Å². The lowest BCUT2D eigenvalue weighted by Crippen LogP contribution is -2.38. The SMILES string of the molecule is C=C[C@@H]1[C@H]2C(=O)OC[C@H]2C=C(Br)[C@H]1C(O)C#CC. The van der Waals surface area contributed by atoms with E-state index >= 15 is 0 Å². The first-order valence-corrected chi connectivity index (χ1v) is 6.66. The number of carbonyl (C=O) groups excluding carboxylic acids is 1. The van der Waals surface area contributed by atoms with Gasteiger partial charge in [-0.05, 0) is 11.4 Å². The molecule has 2 rings (SSSR count). The summed E-state index contributed by atoms with van der Waals surface area (Å²) in [6.45, 7) is 5.88. The topological polar surface area (TPSA) is 46.5 Å². The highest BCUT2D eigenvalue weighted by Crippen LogP contribution is 2.46. The fourth-order valence-electron chi connectivity index (χ4n) is 2.76. The van der Waals surface area contributed by atoms with Gasteiger partial charge in [-0.1, -0.05) is 34.0 Å². The Morgan fingerprint density at radius 3 is 3.06 bits per heavy atom. The number of rotatable bonds is 2. The number of allylic oxidation sites excluding steroid dienone is 1. The van der Waals surface area contributed by atoms with Gasteiger partial charge in [0, 0.05) is 17.8 Å². The summed E-state index contributed by atoms with van der Waals surface area (Å²) in [5.74, 6) is 4.65. The third kappa shape index (κ3) is 2.13. The van der Waals surface area contributed by atoms with Gasteiger partial charge in [0.05, 0.1) is 12.5 Å². The Morgan fingerprint density at radius 1 is 1.72 bits per heavy atom. The summed E-state index contributed by atoms with van der Waals surface area (Å²) >= 11 is 3.48. The maximum atomic E-state index is 11.8. The van der Waals surface area contributed by atoms with Gasteiger partial charge in [-0.3, -0.25) is 4.79 Å². The molecule has 96 valence electrons. The van der Waals surface area contributed by atoms with Crippen LogP contribution in [0.2, 0.25) is 0 Å². The van der Waals surface area contributed by atoms with Gasteiger partial charge in [0.25, 0.3) is 0 Å². The molecular formula is C14H15BrO3. The van der Waals surface area contributed by atoms with E-state index in [1.54, 1.807) is 13.0 Å². The maximum absolute atomic E-state index is 11.8. The molecule has 0 spiro atoms. The Bertz CT molecular complexity index is 457. The van der Waals surface area contributed by atoms with Gasteiger partial charge in [-0.25, -0.2) is 0 Å². The van der Waals surface area contributed by atoms with E-state index in [0.29, 0.717) is 6.61 Å². The van der Waals surface area contributed by atoms with Crippen molar-refractivity contribution in [1.29, 1.82) is 0 Å². The maximum Gasteiger partial charge on any atom is 0.310 e. The predicted octanol–water partition coefficient (Wildman–Crippen LogP) is 1.87. The fourth-order valence-corrected chi connectivity index (χ4v) is 3.66. The summed E-state index contributed by atoms with van der Waals surface area (Å²) in [6.07, 6.45) is 2.88. The van der Waals surface area contributed by atoms with Crippen LogP contribution in [0.3, 0.4) is 0 Å². The van der Waals surface area contributed by atoms with Crippen molar-refractivity contribution in [3.05, 3.63) is 23.2 Å². The molecular weight excluding hydrogens is 296 g/mol. The summed E-state index contributed by atoms with van der Waals surface area (Å²) in [6, 6.07) is 0. The second-order valence-corrected chi connectivity index (χ2v) is 5.46. The van der Waals surface area contributed by atoms with E-state index in [-0.39, 0.29) is 29.6 Å². The molecule has 0 aromatic heterocycles. The first kappa shape index (κ1) is 13.4. The molecule has 4 heteroatoms. The molecule has 0 bridgehead atoms. The van der Waals surface area contributed by atoms with Crippen molar-refractivity contribution >= 4 is 21.9 Å². The van der Waals surface area contributed by atoms with Crippen molar-refractivity contribution in [3.63, 3.8) is 0 Å². The number of esters is 1. The van der Waals surface area contributed by atoms with Gasteiger partial charge in [-0.2, -0.15) is 0 Å². The largest absolute Gasteiger partial charge is 0.465 e. The van der Waals surface area contributed by atoms with Crippen LogP contribution in [0, 0.1) is 35.5 Å². The summed E-state index contributed by atoms with van der Waals surface area (Å²) in [7, 11) is 0. The Labute approximate surface area is 115 Å². The van der Waals surface area contributed by atoms with Crippen molar-refractivity contribution in [3.8, 4) is 11.8 Å². The van der Waals surface area contributed by atoms with Crippen molar-refractivity contribution in [2.24, 2.45) is 23.7 Å². The van der Waals surface area contributed by atoms with Gasteiger partial charge >= 0.3 is 5.97 Å². The average molecular weight is 311 g/mol. The number of halogens is 1. The Hall–Kier alpha value is -1.05. The van der Waals surface area contributed by atoms with E-state index in [2.05, 4.69) is 34.3 Å². The Balaban J connectivity index is 2.39. The minimum Gasteiger partial charge on any atom is -0.465 e. The number of carbonyl (C=O) groups is 1. The lowest BCUT2D eigenvalue weighted by molar-refractivity contribution is -0.142. The van der Waals surface area contributed by atoms with E-state index in [9.17, 15) is 9.90 Å². The van der Waals surface area contributed by atoms with Crippen LogP contribution < -0.4 is 0 Å². The molecule has 0 aromatic rings. The van der Waals surface area contributed by atoms with Crippen molar-refractivity contribution < 1.29 is 14.6 Å². The van der Waals surface area contributed by atoms with E-state index in [4.69, 9.17) is 4.74 Å². The van der Waals surface area contributed by atoms with Crippen LogP contribution in [0.4, 0.5) is 0 Å². The highest BCUT2D eigenvalue weighted by molar-refractivity contribution is 9.11. The first-order valence-electron chi connectivity index (χ1n) is 5.87. The molecule has 18 heavy (non-hydrogen) atoms. The number of hydrogen-bond donors (Lipinski definition) is 1. The molecule has 1 aliphatic heterocycles. The molecule has 0 amide bonds. The van der Waals surface area contributed by atoms with Gasteiger partial charge in [-0.15, -0.1) is 12.5 Å². The summed E-state index contributed by atoms with van der Waals surface area (Å²) in [5, 5.41) is 10.1. The zero-order chi connectivity index (χ0) is 13.3. The normalized spacial score (nSPS) is 35.7. The van der Waals surface area contributed by atoms with Gasteiger partial charge in [0.1, 0.15) is 6.10 Å². The van der Waals surface area contributed by atoms with E-state index in [1.165, 1.54) is 0 Å². The van der Waals surface area contributed by atoms with Gasteiger partial charge in [0.2, 0.25) is 0 Å². The van der Waals surface area contributed by atoms with Crippen LogP contribution in [-0.4, -0.2) is 23.8 Å². The quantitative estimate of drug-likeness (QED) is 0.481. The van der Waals surface area contributed by atoms with Crippen LogP contribution in [0.25, 0.3) is 0 Å². The van der Waals surface area contributed by atoms with Crippen LogP contribution >= 0.6 is 15.9 Å². The fraction of sp³-hybridized carbons (Fsp3) is 0.500. The lowest BCUT2D eigenvalue weighted by atomic mass is 9.70. The van der Waals surface area contributed by atoms with E-state index in [1.807, 2.05) is 6.08 Å². The van der Waals surface area contributed by atoms with Gasteiger partial charge in [0.15, 0.2) is 0 Å². The number of aliphatic hydroxyl groups is 1. The molecule has 1 N–H and O–H groups in total. The molecule has 2 aliphatic rings. The zero-order valence-electron chi connectivity index (χ0n) is 10.1. The minimum atomic E-state index is -0.807. The standard InChI is InChI=1S/C14H15BrO3/c1-3-5-11(16)13-9(4-2)12-8(6-10(13)15)7-18-14(12)17/h4,6,8-9,11-13,16H,2,7H2,1H3/t8-,9-,11?,12+,13+/m1/s1. The lowest BCUT2D eigenvalue weighted by Gasteiger charge is -2.35. The molecule has 0 radical (unpaired) electrons. The van der Waals surface area contributed by atoms with Crippen molar-refractivity contribution in [2.75, 3.05) is 6.61 Å². The second-order valence-electron chi connectivity index (χ2n) is 4.55. The smallest absolute Gasteiger partial charge is 0.310 e. The second kappa shape index (κ2) is 5.29. The molecule has 1 fully saturated rings. The van der Waals surface area contributed by atoms with Crippen LogP contribution in [0.5, 0.6) is 0 Å². The third-order valence-electron chi connectivity index (χ3n) is 3.58. The minimum absolute atomic E-state index is 0.0629. The molecule has 3 nitrogen and oxygen atoms in total. The summed E-state index contributed by atoms with van der Waals surface area (Å²) in [5.41, 5.74) is 0. The van der Waals surface area contributed by atoms with Crippen LogP contribution in [-0.2, 0) is 9.53 Å². The molecule has 0 saturated carbocycles. The number of aliphatic hydroxyl groups excluding tert-OH is 1. The first-order chi connectivity index (χ1) is 8.60. The molecule has 0 aromatic carbocycles. The molecule has 5 atom stereocenters. The third-order valence-corrected chi connectivity index (χ3v) is 4.37. The summed E-state index contributed by atoms with van der Waals surface area (Å²) in [4.78, 5) is 11.8. The Morgan fingerprint density at radius 2 is 2.44 bits per heavy atom. The number of ether oxygens (including phenoxy) is 1. The van der Waals surface area contributed by atoms with E-state index in [0.717, 1.165) is 4.48 Å². The van der Waals surface area contributed by atoms with Gasteiger partial charge < -0.3 is 9.84 Å². The predicted molar refractivity (Wildman–Crippen MR) is 71.6 cm³/mol. The monoisotopic (exact) mass is 310 g/mol. The molecule has 1 aliphatic carbocycles. The number of cyclic esters (lactones) is 1. The Kier molecular flexibility index (Phi) is 3.94. The summed E-state index contributed by atoms with van der Waals surface area (Å²) < 4.78 is 5.98. The average Bonchev–Trinajstić information content (AvgIpc) is 2.69. The molecule has 1 saturated heterocycles. The molecule has 1 heterocycles. The van der Waals surface area contributed by atoms with E-state index < -0.39 is 6.10 Å². The van der Waals surface area contributed by atoms with Crippen molar-refractivity contribution in [2.45, 2.75) is 13.0 Å². The highest BCUT2D eigenvalue weighted by atomic mass is 79.9. The number of fused-ring (bicyclic) bond motifs is 1. The molecule has 1 unspecified atom stereocenters. The van der Waals surface area contributed by atoms with Crippen LogP contribution in [0.15, 0.2) is 23.2 Å². The highest BCUT2D eigenvalue weighted by Gasteiger charge is 2.48. The number of hydrogen-bond acceptors (Lipinski definition) is 3. The zero-order valence-corrected chi connectivity index (χ0v) is 11.7. The van der Waals surface area contributed by atoms with Crippen molar-refractivity contribution in [1.82, 2.24) is 0 Å².